The van der Waals surface area contributed by atoms with Gasteiger partial charge in [0.05, 0.1) is 0 Å². The molecule has 136 valence electrons. The zero-order chi connectivity index (χ0) is 18.6. The number of rotatable bonds is 5. The molecule has 1 N–H and O–H groups in total. The molecule has 5 nitrogen and oxygen atoms in total. The van der Waals surface area contributed by atoms with Gasteiger partial charge in [0.15, 0.2) is 11.5 Å². The Bertz CT molecular complexity index is 989. The van der Waals surface area contributed by atoms with Gasteiger partial charge in [-0.05, 0) is 36.4 Å². The Morgan fingerprint density at radius 3 is 2.74 bits per heavy atom. The first-order valence-corrected chi connectivity index (χ1v) is 8.74. The topological polar surface area (TPSA) is 56.8 Å². The monoisotopic (exact) mass is 381 g/mol. The molecule has 6 heteroatoms. The van der Waals surface area contributed by atoms with E-state index in [0.717, 1.165) is 5.56 Å². The summed E-state index contributed by atoms with van der Waals surface area (Å²) in [6.45, 7) is 0.518. The van der Waals surface area contributed by atoms with Gasteiger partial charge in [-0.2, -0.15) is 0 Å². The van der Waals surface area contributed by atoms with Crippen molar-refractivity contribution in [3.8, 4) is 17.2 Å². The molecule has 0 unspecified atom stereocenters. The standard InChI is InChI=1S/C21H16ClNO4/c22-18-7-2-1-4-15(18)12-25-17-6-3-5-14(10-17)21(24)23-16-8-9-19-20(11-16)27-13-26-19/h1-11H,12-13H2,(H,23,24). The maximum Gasteiger partial charge on any atom is 0.255 e. The molecule has 0 saturated carbocycles. The Morgan fingerprint density at radius 1 is 1.00 bits per heavy atom. The van der Waals surface area contributed by atoms with E-state index in [2.05, 4.69) is 5.32 Å². The number of fused-ring (bicyclic) bond motifs is 1. The van der Waals surface area contributed by atoms with Crippen molar-refractivity contribution in [1.82, 2.24) is 0 Å². The van der Waals surface area contributed by atoms with Gasteiger partial charge >= 0.3 is 0 Å². The average Bonchev–Trinajstić information content (AvgIpc) is 3.15. The summed E-state index contributed by atoms with van der Waals surface area (Å²) in [7, 11) is 0. The number of halogens is 1. The van der Waals surface area contributed by atoms with E-state index in [4.69, 9.17) is 25.8 Å². The number of nitrogens with one attached hydrogen (secondary N) is 1. The van der Waals surface area contributed by atoms with E-state index in [1.165, 1.54) is 0 Å². The van der Waals surface area contributed by atoms with E-state index in [9.17, 15) is 4.79 Å². The molecular formula is C21H16ClNO4. The smallest absolute Gasteiger partial charge is 0.255 e. The molecule has 4 rings (SSSR count). The van der Waals surface area contributed by atoms with Crippen molar-refractivity contribution < 1.29 is 19.0 Å². The number of carbonyl (C=O) groups excluding carboxylic acids is 1. The number of amides is 1. The Morgan fingerprint density at radius 2 is 1.85 bits per heavy atom. The average molecular weight is 382 g/mol. The lowest BCUT2D eigenvalue weighted by atomic mass is 10.2. The lowest BCUT2D eigenvalue weighted by Gasteiger charge is -2.10. The fourth-order valence-electron chi connectivity index (χ4n) is 2.68. The van der Waals surface area contributed by atoms with Crippen LogP contribution in [0.1, 0.15) is 15.9 Å². The van der Waals surface area contributed by atoms with E-state index in [0.29, 0.717) is 40.1 Å². The van der Waals surface area contributed by atoms with Crippen molar-refractivity contribution in [3.05, 3.63) is 82.9 Å². The summed E-state index contributed by atoms with van der Waals surface area (Å²) in [6, 6.07) is 19.7. The third kappa shape index (κ3) is 3.99. The van der Waals surface area contributed by atoms with Gasteiger partial charge in [-0.1, -0.05) is 35.9 Å². The summed E-state index contributed by atoms with van der Waals surface area (Å²) in [5.41, 5.74) is 2.00. The first kappa shape index (κ1) is 17.2. The molecule has 0 fully saturated rings. The second-order valence-corrected chi connectivity index (χ2v) is 6.34. The van der Waals surface area contributed by atoms with Crippen LogP contribution in [0.25, 0.3) is 0 Å². The van der Waals surface area contributed by atoms with Crippen LogP contribution in [0.5, 0.6) is 17.2 Å². The molecule has 3 aromatic rings. The highest BCUT2D eigenvalue weighted by atomic mass is 35.5. The largest absolute Gasteiger partial charge is 0.489 e. The third-order valence-corrected chi connectivity index (χ3v) is 4.45. The molecule has 3 aromatic carbocycles. The van der Waals surface area contributed by atoms with Gasteiger partial charge in [-0.3, -0.25) is 4.79 Å². The number of carbonyl (C=O) groups is 1. The fourth-order valence-corrected chi connectivity index (χ4v) is 2.87. The van der Waals surface area contributed by atoms with Crippen molar-refractivity contribution >= 4 is 23.2 Å². The zero-order valence-electron chi connectivity index (χ0n) is 14.3. The molecule has 0 spiro atoms. The molecular weight excluding hydrogens is 366 g/mol. The third-order valence-electron chi connectivity index (χ3n) is 4.08. The molecule has 27 heavy (non-hydrogen) atoms. The number of anilines is 1. The van der Waals surface area contributed by atoms with Gasteiger partial charge in [0.25, 0.3) is 5.91 Å². The van der Waals surface area contributed by atoms with Gasteiger partial charge in [0, 0.05) is 27.9 Å². The molecule has 0 radical (unpaired) electrons. The van der Waals surface area contributed by atoms with Gasteiger partial charge in [-0.25, -0.2) is 0 Å². The first-order chi connectivity index (χ1) is 13.2. The minimum atomic E-state index is -0.239. The summed E-state index contributed by atoms with van der Waals surface area (Å²) >= 11 is 6.14. The van der Waals surface area contributed by atoms with Gasteiger partial charge < -0.3 is 19.5 Å². The maximum atomic E-state index is 12.5. The number of ether oxygens (including phenoxy) is 3. The molecule has 0 aromatic heterocycles. The van der Waals surface area contributed by atoms with Crippen LogP contribution in [0, 0.1) is 0 Å². The predicted octanol–water partition coefficient (Wildman–Crippen LogP) is 4.90. The quantitative estimate of drug-likeness (QED) is 0.683. The molecule has 0 bridgehead atoms. The van der Waals surface area contributed by atoms with Crippen molar-refractivity contribution in [1.29, 1.82) is 0 Å². The Labute approximate surface area is 161 Å². The maximum absolute atomic E-state index is 12.5. The van der Waals surface area contributed by atoms with E-state index >= 15 is 0 Å². The minimum absolute atomic E-state index is 0.192. The zero-order valence-corrected chi connectivity index (χ0v) is 15.0. The van der Waals surface area contributed by atoms with Crippen LogP contribution >= 0.6 is 11.6 Å². The van der Waals surface area contributed by atoms with Crippen LogP contribution in [0.15, 0.2) is 66.7 Å². The normalized spacial score (nSPS) is 11.9. The summed E-state index contributed by atoms with van der Waals surface area (Å²) < 4.78 is 16.4. The van der Waals surface area contributed by atoms with Crippen LogP contribution in [-0.4, -0.2) is 12.7 Å². The summed E-state index contributed by atoms with van der Waals surface area (Å²) in [6.07, 6.45) is 0. The Balaban J connectivity index is 1.44. The predicted molar refractivity (Wildman–Crippen MR) is 103 cm³/mol. The number of hydrogen-bond acceptors (Lipinski definition) is 4. The number of benzene rings is 3. The molecule has 0 atom stereocenters. The van der Waals surface area contributed by atoms with Crippen molar-refractivity contribution in [2.24, 2.45) is 0 Å². The van der Waals surface area contributed by atoms with Crippen LogP contribution in [0.3, 0.4) is 0 Å². The van der Waals surface area contributed by atoms with Crippen molar-refractivity contribution in [2.75, 3.05) is 12.1 Å². The Hall–Kier alpha value is -3.18. The van der Waals surface area contributed by atoms with Gasteiger partial charge in [-0.15, -0.1) is 0 Å². The lowest BCUT2D eigenvalue weighted by Crippen LogP contribution is -2.12. The molecule has 1 aliphatic rings. The minimum Gasteiger partial charge on any atom is -0.489 e. The molecule has 1 amide bonds. The van der Waals surface area contributed by atoms with Crippen LogP contribution < -0.4 is 19.5 Å². The highest BCUT2D eigenvalue weighted by molar-refractivity contribution is 6.31. The second-order valence-electron chi connectivity index (χ2n) is 5.93. The van der Waals surface area contributed by atoms with Crippen LogP contribution in [-0.2, 0) is 6.61 Å². The molecule has 1 aliphatic heterocycles. The van der Waals surface area contributed by atoms with E-state index in [1.807, 2.05) is 24.3 Å². The van der Waals surface area contributed by atoms with E-state index in [-0.39, 0.29) is 12.7 Å². The highest BCUT2D eigenvalue weighted by Crippen LogP contribution is 2.34. The lowest BCUT2D eigenvalue weighted by molar-refractivity contribution is 0.102. The van der Waals surface area contributed by atoms with Crippen molar-refractivity contribution in [2.45, 2.75) is 6.61 Å². The number of hydrogen-bond donors (Lipinski definition) is 1. The second kappa shape index (κ2) is 7.60. The summed E-state index contributed by atoms with van der Waals surface area (Å²) in [5, 5.41) is 3.49. The van der Waals surface area contributed by atoms with Crippen molar-refractivity contribution in [3.63, 3.8) is 0 Å². The van der Waals surface area contributed by atoms with Crippen LogP contribution in [0.2, 0.25) is 5.02 Å². The van der Waals surface area contributed by atoms with Gasteiger partial charge in [0.2, 0.25) is 6.79 Å². The molecule has 0 saturated heterocycles. The van der Waals surface area contributed by atoms with Gasteiger partial charge in [0.1, 0.15) is 12.4 Å². The fraction of sp³-hybridized carbons (Fsp3) is 0.0952. The van der Waals surface area contributed by atoms with Crippen LogP contribution in [0.4, 0.5) is 5.69 Å². The summed E-state index contributed by atoms with van der Waals surface area (Å²) in [5.74, 6) is 1.64. The summed E-state index contributed by atoms with van der Waals surface area (Å²) in [4.78, 5) is 12.5. The Kier molecular flexibility index (Phi) is 4.85. The SMILES string of the molecule is O=C(Nc1ccc2c(c1)OCO2)c1cccc(OCc2ccccc2Cl)c1. The first-order valence-electron chi connectivity index (χ1n) is 8.36. The van der Waals surface area contributed by atoms with E-state index < -0.39 is 0 Å². The highest BCUT2D eigenvalue weighted by Gasteiger charge is 2.15. The van der Waals surface area contributed by atoms with E-state index in [1.54, 1.807) is 42.5 Å². The molecule has 0 aliphatic carbocycles. The molecule has 1 heterocycles.